The van der Waals surface area contributed by atoms with Crippen molar-refractivity contribution in [3.8, 4) is 11.5 Å². The third-order valence-electron chi connectivity index (χ3n) is 5.40. The highest BCUT2D eigenvalue weighted by Crippen LogP contribution is 2.25. The van der Waals surface area contributed by atoms with Crippen LogP contribution in [-0.4, -0.2) is 65.2 Å². The molecule has 3 aromatic carbocycles. The van der Waals surface area contributed by atoms with Gasteiger partial charge in [-0.15, -0.1) is 0 Å². The number of methoxy groups -OCH3 is 1. The van der Waals surface area contributed by atoms with Crippen LogP contribution < -0.4 is 14.8 Å². The van der Waals surface area contributed by atoms with Crippen molar-refractivity contribution < 1.29 is 27.4 Å². The van der Waals surface area contributed by atoms with Crippen molar-refractivity contribution in [3.05, 3.63) is 66.2 Å². The molecule has 8 nitrogen and oxygen atoms in total. The maximum absolute atomic E-state index is 12.9. The molecule has 1 fully saturated rings. The van der Waals surface area contributed by atoms with Gasteiger partial charge in [0.1, 0.15) is 18.1 Å². The fourth-order valence-corrected chi connectivity index (χ4v) is 5.08. The quantitative estimate of drug-likeness (QED) is 0.509. The molecule has 0 aromatic heterocycles. The third kappa shape index (κ3) is 5.27. The van der Waals surface area contributed by atoms with Gasteiger partial charge in [-0.3, -0.25) is 4.79 Å². The van der Waals surface area contributed by atoms with Crippen LogP contribution in [0.25, 0.3) is 10.8 Å². The van der Waals surface area contributed by atoms with Gasteiger partial charge in [-0.1, -0.05) is 30.3 Å². The topological polar surface area (TPSA) is 94.2 Å². The van der Waals surface area contributed by atoms with Gasteiger partial charge in [0.2, 0.25) is 10.0 Å². The van der Waals surface area contributed by atoms with Gasteiger partial charge in [0.15, 0.2) is 0 Å². The minimum atomic E-state index is -3.73. The van der Waals surface area contributed by atoms with Crippen molar-refractivity contribution in [2.45, 2.75) is 4.90 Å². The van der Waals surface area contributed by atoms with E-state index in [0.717, 1.165) is 10.8 Å². The number of ether oxygens (including phenoxy) is 3. The van der Waals surface area contributed by atoms with E-state index >= 15 is 0 Å². The Kier molecular flexibility index (Phi) is 7.12. The summed E-state index contributed by atoms with van der Waals surface area (Å²) in [5.41, 5.74) is 0.150. The fraction of sp³-hybridized carbons (Fsp3) is 0.292. The number of carbonyl (C=O) groups is 1. The highest BCUT2D eigenvalue weighted by Gasteiger charge is 2.28. The summed E-state index contributed by atoms with van der Waals surface area (Å²) in [4.78, 5) is 12.8. The number of benzene rings is 3. The first kappa shape index (κ1) is 23.0. The molecule has 0 bridgehead atoms. The van der Waals surface area contributed by atoms with E-state index in [-0.39, 0.29) is 36.7 Å². The molecule has 174 valence electrons. The lowest BCUT2D eigenvalue weighted by Gasteiger charge is -2.26. The summed E-state index contributed by atoms with van der Waals surface area (Å²) in [6, 6.07) is 18.1. The molecule has 3 aromatic rings. The zero-order valence-corrected chi connectivity index (χ0v) is 19.1. The Labute approximate surface area is 193 Å². The number of amides is 1. The fourth-order valence-electron chi connectivity index (χ4n) is 3.65. The smallest absolute Gasteiger partial charge is 0.255 e. The molecular weight excluding hydrogens is 444 g/mol. The summed E-state index contributed by atoms with van der Waals surface area (Å²) in [6.45, 7) is 1.76. The maximum atomic E-state index is 12.9. The van der Waals surface area contributed by atoms with Crippen LogP contribution >= 0.6 is 0 Å². The Morgan fingerprint density at radius 3 is 2.55 bits per heavy atom. The predicted octanol–water partition coefficient (Wildman–Crippen LogP) is 2.68. The minimum Gasteiger partial charge on any atom is -0.496 e. The van der Waals surface area contributed by atoms with Crippen molar-refractivity contribution in [3.63, 3.8) is 0 Å². The first-order chi connectivity index (χ1) is 16.0. The second-order valence-electron chi connectivity index (χ2n) is 7.49. The summed E-state index contributed by atoms with van der Waals surface area (Å²) in [5, 5.41) is 4.96. The van der Waals surface area contributed by atoms with Crippen molar-refractivity contribution in [1.29, 1.82) is 0 Å². The first-order valence-electron chi connectivity index (χ1n) is 10.6. The van der Waals surface area contributed by atoms with Crippen molar-refractivity contribution in [2.75, 3.05) is 46.6 Å². The van der Waals surface area contributed by atoms with Crippen LogP contribution in [0.4, 0.5) is 0 Å². The lowest BCUT2D eigenvalue weighted by Crippen LogP contribution is -2.40. The van der Waals surface area contributed by atoms with Crippen LogP contribution in [0.15, 0.2) is 65.6 Å². The van der Waals surface area contributed by atoms with E-state index in [4.69, 9.17) is 14.2 Å². The van der Waals surface area contributed by atoms with Crippen LogP contribution in [0.1, 0.15) is 10.4 Å². The van der Waals surface area contributed by atoms with Gasteiger partial charge >= 0.3 is 0 Å². The Morgan fingerprint density at radius 2 is 1.79 bits per heavy atom. The van der Waals surface area contributed by atoms with E-state index in [9.17, 15) is 13.2 Å². The summed E-state index contributed by atoms with van der Waals surface area (Å²) < 4.78 is 43.5. The van der Waals surface area contributed by atoms with E-state index in [2.05, 4.69) is 5.32 Å². The summed E-state index contributed by atoms with van der Waals surface area (Å²) in [5.74, 6) is 0.566. The maximum Gasteiger partial charge on any atom is 0.255 e. The molecule has 0 spiro atoms. The molecule has 0 aliphatic carbocycles. The van der Waals surface area contributed by atoms with Crippen LogP contribution in [0.3, 0.4) is 0 Å². The molecule has 0 saturated carbocycles. The average molecular weight is 471 g/mol. The standard InChI is InChI=1S/C24H26N2O6S/c1-30-23-9-8-21(33(28,29)26-11-14-31-15-12-26)17-22(23)24(27)25-10-13-32-20-7-6-18-4-2-3-5-19(18)16-20/h2-9,16-17H,10-15H2,1H3,(H,25,27). The van der Waals surface area contributed by atoms with Crippen molar-refractivity contribution in [2.24, 2.45) is 0 Å². The zero-order chi connectivity index (χ0) is 23.3. The number of nitrogens with one attached hydrogen (secondary N) is 1. The van der Waals surface area contributed by atoms with Gasteiger partial charge in [-0.25, -0.2) is 8.42 Å². The molecule has 33 heavy (non-hydrogen) atoms. The Morgan fingerprint density at radius 1 is 1.03 bits per heavy atom. The number of fused-ring (bicyclic) bond motifs is 1. The number of rotatable bonds is 8. The lowest BCUT2D eigenvalue weighted by atomic mass is 10.1. The molecule has 9 heteroatoms. The number of carbonyl (C=O) groups excluding carboxylic acids is 1. The van der Waals surface area contributed by atoms with Crippen LogP contribution in [0, 0.1) is 0 Å². The molecule has 1 heterocycles. The first-order valence-corrected chi connectivity index (χ1v) is 12.1. The van der Waals surface area contributed by atoms with E-state index in [1.54, 1.807) is 0 Å². The highest BCUT2D eigenvalue weighted by molar-refractivity contribution is 7.89. The van der Waals surface area contributed by atoms with Gasteiger partial charge in [0.25, 0.3) is 5.91 Å². The molecule has 0 unspecified atom stereocenters. The molecule has 4 rings (SSSR count). The molecular formula is C24H26N2O6S. The van der Waals surface area contributed by atoms with Gasteiger partial charge in [0.05, 0.1) is 37.3 Å². The van der Waals surface area contributed by atoms with Crippen LogP contribution in [-0.2, 0) is 14.8 Å². The number of hydrogen-bond acceptors (Lipinski definition) is 6. The normalized spacial score (nSPS) is 14.7. The van der Waals surface area contributed by atoms with Crippen LogP contribution in [0.2, 0.25) is 0 Å². The van der Waals surface area contributed by atoms with E-state index in [1.807, 2.05) is 42.5 Å². The minimum absolute atomic E-state index is 0.0442. The van der Waals surface area contributed by atoms with Gasteiger partial charge in [-0.05, 0) is 41.1 Å². The molecule has 1 aliphatic rings. The Bertz CT molecular complexity index is 1240. The van der Waals surface area contributed by atoms with E-state index in [1.165, 1.54) is 29.6 Å². The van der Waals surface area contributed by atoms with Gasteiger partial charge in [-0.2, -0.15) is 4.31 Å². The molecule has 1 amide bonds. The number of hydrogen-bond donors (Lipinski definition) is 1. The van der Waals surface area contributed by atoms with Crippen LogP contribution in [0.5, 0.6) is 11.5 Å². The van der Waals surface area contributed by atoms with E-state index in [0.29, 0.717) is 24.7 Å². The van der Waals surface area contributed by atoms with Crippen molar-refractivity contribution in [1.82, 2.24) is 9.62 Å². The molecule has 1 aliphatic heterocycles. The summed E-state index contributed by atoms with van der Waals surface area (Å²) in [6.07, 6.45) is 0. The number of nitrogens with zero attached hydrogens (tertiary/aromatic N) is 1. The predicted molar refractivity (Wildman–Crippen MR) is 124 cm³/mol. The number of morpholine rings is 1. The molecule has 0 atom stereocenters. The summed E-state index contributed by atoms with van der Waals surface area (Å²) in [7, 11) is -2.29. The molecule has 1 N–H and O–H groups in total. The lowest BCUT2D eigenvalue weighted by molar-refractivity contribution is 0.0730. The Hall–Kier alpha value is -3.14. The number of sulfonamides is 1. The zero-order valence-electron chi connectivity index (χ0n) is 18.3. The second-order valence-corrected chi connectivity index (χ2v) is 9.43. The van der Waals surface area contributed by atoms with Gasteiger partial charge in [0, 0.05) is 13.1 Å². The molecule has 1 saturated heterocycles. The largest absolute Gasteiger partial charge is 0.496 e. The average Bonchev–Trinajstić information content (AvgIpc) is 2.86. The molecule has 0 radical (unpaired) electrons. The highest BCUT2D eigenvalue weighted by atomic mass is 32.2. The summed E-state index contributed by atoms with van der Waals surface area (Å²) >= 11 is 0. The Balaban J connectivity index is 1.40. The monoisotopic (exact) mass is 470 g/mol. The van der Waals surface area contributed by atoms with Gasteiger partial charge < -0.3 is 19.5 Å². The second kappa shape index (κ2) is 10.2. The van der Waals surface area contributed by atoms with Crippen molar-refractivity contribution >= 4 is 26.7 Å². The SMILES string of the molecule is COc1ccc(S(=O)(=O)N2CCOCC2)cc1C(=O)NCCOc1ccc2ccccc2c1. The third-order valence-corrected chi connectivity index (χ3v) is 7.30. The van der Waals surface area contributed by atoms with E-state index < -0.39 is 15.9 Å².